The second-order valence-electron chi connectivity index (χ2n) is 4.50. The molecule has 6 nitrogen and oxygen atoms in total. The smallest absolute Gasteiger partial charge is 0.188 e. The first-order valence-electron chi connectivity index (χ1n) is 7.14. The number of aliphatic imine (C=N–C) groups is 1. The highest BCUT2D eigenvalue weighted by Gasteiger charge is 2.02. The zero-order valence-electron chi connectivity index (χ0n) is 13.2. The van der Waals surface area contributed by atoms with Gasteiger partial charge in [-0.05, 0) is 37.5 Å². The molecule has 7 heteroatoms. The number of aromatic hydroxyl groups is 1. The van der Waals surface area contributed by atoms with Crippen LogP contribution < -0.4 is 15.8 Å². The van der Waals surface area contributed by atoms with Crippen molar-refractivity contribution in [3.63, 3.8) is 0 Å². The summed E-state index contributed by atoms with van der Waals surface area (Å²) in [6.07, 6.45) is 1.64. The largest absolute Gasteiger partial charge is 0.504 e. The molecule has 0 aliphatic heterocycles. The van der Waals surface area contributed by atoms with Gasteiger partial charge in [-0.25, -0.2) is 0 Å². The van der Waals surface area contributed by atoms with Crippen molar-refractivity contribution < 1.29 is 14.6 Å². The van der Waals surface area contributed by atoms with Gasteiger partial charge in [-0.1, -0.05) is 6.07 Å². The van der Waals surface area contributed by atoms with Gasteiger partial charge in [0.05, 0.1) is 7.11 Å². The maximum atomic E-state index is 9.52. The van der Waals surface area contributed by atoms with E-state index in [1.807, 2.05) is 19.1 Å². The van der Waals surface area contributed by atoms with Crippen LogP contribution in [0, 0.1) is 0 Å². The van der Waals surface area contributed by atoms with Crippen molar-refractivity contribution in [3.8, 4) is 11.5 Å². The predicted molar refractivity (Wildman–Crippen MR) is 99.4 cm³/mol. The molecule has 0 radical (unpaired) electrons. The van der Waals surface area contributed by atoms with Gasteiger partial charge < -0.3 is 25.6 Å². The van der Waals surface area contributed by atoms with Crippen LogP contribution in [0.5, 0.6) is 11.5 Å². The normalized spacial score (nSPS) is 10.9. The number of nitrogens with two attached hydrogens (primary N) is 1. The van der Waals surface area contributed by atoms with Crippen molar-refractivity contribution in [2.45, 2.75) is 19.8 Å². The van der Waals surface area contributed by atoms with Gasteiger partial charge in [-0.2, -0.15) is 0 Å². The molecule has 0 aliphatic carbocycles. The monoisotopic (exact) mass is 423 g/mol. The van der Waals surface area contributed by atoms with Crippen molar-refractivity contribution in [2.24, 2.45) is 10.7 Å². The van der Waals surface area contributed by atoms with Crippen LogP contribution in [0.1, 0.15) is 18.9 Å². The van der Waals surface area contributed by atoms with Crippen LogP contribution in [0.4, 0.5) is 0 Å². The quantitative estimate of drug-likeness (QED) is 0.244. The molecule has 126 valence electrons. The van der Waals surface area contributed by atoms with E-state index < -0.39 is 0 Å². The lowest BCUT2D eigenvalue weighted by Gasteiger charge is -2.08. The van der Waals surface area contributed by atoms with Crippen LogP contribution in [0.2, 0.25) is 0 Å². The summed E-state index contributed by atoms with van der Waals surface area (Å²) in [6.45, 7) is 4.74. The number of hydrogen-bond donors (Lipinski definition) is 3. The lowest BCUT2D eigenvalue weighted by molar-refractivity contribution is 0.146. The first kappa shape index (κ1) is 20.8. The fraction of sp³-hybridized carbons (Fsp3) is 0.533. The van der Waals surface area contributed by atoms with Crippen LogP contribution in [-0.4, -0.2) is 44.5 Å². The Morgan fingerprint density at radius 3 is 2.86 bits per heavy atom. The lowest BCUT2D eigenvalue weighted by Crippen LogP contribution is -2.33. The first-order valence-corrected chi connectivity index (χ1v) is 7.14. The number of phenolic OH excluding ortho intramolecular Hbond substituents is 1. The van der Waals surface area contributed by atoms with Gasteiger partial charge in [0.1, 0.15) is 0 Å². The number of ether oxygens (including phenoxy) is 2. The Morgan fingerprint density at radius 1 is 1.41 bits per heavy atom. The molecule has 1 aromatic carbocycles. The average molecular weight is 423 g/mol. The molecule has 0 aromatic heterocycles. The average Bonchev–Trinajstić information content (AvgIpc) is 2.48. The number of guanidine groups is 1. The molecule has 0 atom stereocenters. The minimum Gasteiger partial charge on any atom is -0.504 e. The van der Waals surface area contributed by atoms with Crippen molar-refractivity contribution >= 4 is 29.9 Å². The number of nitrogens with one attached hydrogen (secondary N) is 1. The molecule has 0 saturated carbocycles. The summed E-state index contributed by atoms with van der Waals surface area (Å²) in [4.78, 5) is 4.21. The van der Waals surface area contributed by atoms with Crippen molar-refractivity contribution in [1.82, 2.24) is 5.32 Å². The molecule has 1 aromatic rings. The maximum absolute atomic E-state index is 9.52. The van der Waals surface area contributed by atoms with Crippen LogP contribution in [0.3, 0.4) is 0 Å². The van der Waals surface area contributed by atoms with Crippen LogP contribution >= 0.6 is 24.0 Å². The van der Waals surface area contributed by atoms with E-state index in [4.69, 9.17) is 15.2 Å². The van der Waals surface area contributed by atoms with Crippen LogP contribution in [0.15, 0.2) is 23.2 Å². The molecule has 0 saturated heterocycles. The van der Waals surface area contributed by atoms with Gasteiger partial charge in [0.2, 0.25) is 0 Å². The standard InChI is InChI=1S/C15H25N3O3.HI/c1-3-21-10-4-8-17-15(16)18-9-7-12-5-6-13(19)14(11-12)20-2;/h5-6,11,19H,3-4,7-10H2,1-2H3,(H3,16,17,18);1H. The number of benzene rings is 1. The Balaban J connectivity index is 0.00000441. The van der Waals surface area contributed by atoms with Gasteiger partial charge >= 0.3 is 0 Å². The molecule has 0 heterocycles. The number of methoxy groups -OCH3 is 1. The number of hydrogen-bond acceptors (Lipinski definition) is 4. The van der Waals surface area contributed by atoms with Crippen LogP contribution in [-0.2, 0) is 11.2 Å². The first-order chi connectivity index (χ1) is 10.2. The fourth-order valence-electron chi connectivity index (χ4n) is 1.78. The molecular weight excluding hydrogens is 397 g/mol. The summed E-state index contributed by atoms with van der Waals surface area (Å²) in [6, 6.07) is 5.29. The third-order valence-electron chi connectivity index (χ3n) is 2.90. The van der Waals surface area contributed by atoms with E-state index in [1.54, 1.807) is 6.07 Å². The van der Waals surface area contributed by atoms with Crippen molar-refractivity contribution in [1.29, 1.82) is 0 Å². The number of halogens is 1. The van der Waals surface area contributed by atoms with E-state index in [0.29, 0.717) is 31.4 Å². The van der Waals surface area contributed by atoms with Crippen LogP contribution in [0.25, 0.3) is 0 Å². The summed E-state index contributed by atoms with van der Waals surface area (Å²) in [7, 11) is 1.53. The minimum atomic E-state index is 0. The highest BCUT2D eigenvalue weighted by molar-refractivity contribution is 14.0. The molecule has 1 rings (SSSR count). The summed E-state index contributed by atoms with van der Waals surface area (Å²) >= 11 is 0. The molecule has 22 heavy (non-hydrogen) atoms. The van der Waals surface area contributed by atoms with Gasteiger partial charge in [0, 0.05) is 26.3 Å². The van der Waals surface area contributed by atoms with Crippen molar-refractivity contribution in [2.75, 3.05) is 33.4 Å². The molecule has 4 N–H and O–H groups in total. The van der Waals surface area contributed by atoms with Gasteiger partial charge in [0.25, 0.3) is 0 Å². The molecular formula is C15H26IN3O3. The molecule has 0 amide bonds. The third-order valence-corrected chi connectivity index (χ3v) is 2.90. The minimum absolute atomic E-state index is 0. The highest BCUT2D eigenvalue weighted by atomic mass is 127. The second kappa shape index (κ2) is 12.3. The van der Waals surface area contributed by atoms with Gasteiger partial charge in [0.15, 0.2) is 17.5 Å². The number of rotatable bonds is 9. The number of phenols is 1. The topological polar surface area (TPSA) is 89.1 Å². The molecule has 0 unspecified atom stereocenters. The fourth-order valence-corrected chi connectivity index (χ4v) is 1.78. The van der Waals surface area contributed by atoms with E-state index in [1.165, 1.54) is 7.11 Å². The summed E-state index contributed by atoms with van der Waals surface area (Å²) < 4.78 is 10.3. The van der Waals surface area contributed by atoms with E-state index in [-0.39, 0.29) is 29.7 Å². The van der Waals surface area contributed by atoms with Gasteiger partial charge in [-0.15, -0.1) is 24.0 Å². The predicted octanol–water partition coefficient (Wildman–Crippen LogP) is 1.89. The SMILES string of the molecule is CCOCCCN=C(N)NCCc1ccc(O)c(OC)c1.I. The zero-order chi connectivity index (χ0) is 15.5. The molecule has 0 spiro atoms. The lowest BCUT2D eigenvalue weighted by atomic mass is 10.1. The van der Waals surface area contributed by atoms with Gasteiger partial charge in [-0.3, -0.25) is 4.99 Å². The Labute approximate surface area is 149 Å². The maximum Gasteiger partial charge on any atom is 0.188 e. The van der Waals surface area contributed by atoms with E-state index in [0.717, 1.165) is 25.0 Å². The Kier molecular flexibility index (Phi) is 11.7. The molecule has 0 aliphatic rings. The highest BCUT2D eigenvalue weighted by Crippen LogP contribution is 2.26. The van der Waals surface area contributed by atoms with E-state index in [9.17, 15) is 5.11 Å². The molecule has 0 fully saturated rings. The summed E-state index contributed by atoms with van der Waals surface area (Å²) in [5.41, 5.74) is 6.82. The summed E-state index contributed by atoms with van der Waals surface area (Å²) in [5.74, 6) is 1.06. The number of nitrogens with zero attached hydrogens (tertiary/aromatic N) is 1. The Morgan fingerprint density at radius 2 is 2.18 bits per heavy atom. The summed E-state index contributed by atoms with van der Waals surface area (Å²) in [5, 5.41) is 12.6. The Bertz CT molecular complexity index is 456. The zero-order valence-corrected chi connectivity index (χ0v) is 15.5. The van der Waals surface area contributed by atoms with E-state index in [2.05, 4.69) is 10.3 Å². The Hall–Kier alpha value is -1.22. The molecule has 0 bridgehead atoms. The second-order valence-corrected chi connectivity index (χ2v) is 4.50. The van der Waals surface area contributed by atoms with E-state index >= 15 is 0 Å². The van der Waals surface area contributed by atoms with Crippen molar-refractivity contribution in [3.05, 3.63) is 23.8 Å². The third kappa shape index (κ3) is 8.28.